The molecule has 1 rings (SSSR count). The summed E-state index contributed by atoms with van der Waals surface area (Å²) in [5.74, 6) is -0.888. The van der Waals surface area contributed by atoms with Gasteiger partial charge in [-0.1, -0.05) is 90.2 Å². The molecule has 0 aliphatic heterocycles. The van der Waals surface area contributed by atoms with E-state index >= 15 is 0 Å². The maximum atomic E-state index is 12.4. The van der Waals surface area contributed by atoms with Gasteiger partial charge in [-0.2, -0.15) is 0 Å². The van der Waals surface area contributed by atoms with Crippen LogP contribution in [0, 0.1) is 0 Å². The summed E-state index contributed by atoms with van der Waals surface area (Å²) >= 11 is 0. The maximum absolute atomic E-state index is 12.4. The first-order chi connectivity index (χ1) is 13.7. The van der Waals surface area contributed by atoms with Crippen LogP contribution in [0.5, 0.6) is 0 Å². The molecule has 0 heterocycles. The van der Waals surface area contributed by atoms with Crippen LogP contribution in [0.2, 0.25) is 0 Å². The number of unbranched alkanes of at least 4 members (excludes halogenated alkanes) is 10. The van der Waals surface area contributed by atoms with E-state index in [1.54, 1.807) is 24.3 Å². The molecule has 0 aliphatic carbocycles. The molecule has 1 aromatic carbocycles. The largest absolute Gasteiger partial charge is 0.462 e. The Labute approximate surface area is 192 Å². The van der Waals surface area contributed by atoms with Crippen molar-refractivity contribution in [2.45, 2.75) is 90.9 Å². The van der Waals surface area contributed by atoms with E-state index in [1.807, 2.05) is 0 Å². The van der Waals surface area contributed by atoms with Gasteiger partial charge in [0.1, 0.15) is 0 Å². The van der Waals surface area contributed by atoms with Crippen LogP contribution in [0.4, 0.5) is 0 Å². The van der Waals surface area contributed by atoms with Gasteiger partial charge in [-0.15, -0.1) is 0 Å². The zero-order valence-corrected chi connectivity index (χ0v) is 20.3. The number of esters is 2. The quantitative estimate of drug-likeness (QED) is 0.123. The average molecular weight is 588 g/mol. The van der Waals surface area contributed by atoms with Gasteiger partial charge in [0.25, 0.3) is 0 Å². The third-order valence-electron chi connectivity index (χ3n) is 4.83. The summed E-state index contributed by atoms with van der Waals surface area (Å²) in [5, 5.41) is 0. The van der Waals surface area contributed by atoms with E-state index in [9.17, 15) is 9.59 Å². The number of carbonyl (C=O) groups excluding carboxylic acids is 2. The molecular weight excluding hydrogens is 549 g/mol. The fourth-order valence-corrected chi connectivity index (χ4v) is 3.09. The number of hydrogen-bond acceptors (Lipinski definition) is 4. The van der Waals surface area contributed by atoms with Gasteiger partial charge < -0.3 is 9.47 Å². The van der Waals surface area contributed by atoms with Gasteiger partial charge in [0, 0.05) is 22.4 Å². The van der Waals surface area contributed by atoms with Gasteiger partial charge in [-0.25, -0.2) is 9.59 Å². The molecule has 1 aromatic rings. The molecular formula is C24H38AuO4. The van der Waals surface area contributed by atoms with Crippen molar-refractivity contribution in [2.24, 2.45) is 0 Å². The van der Waals surface area contributed by atoms with E-state index in [-0.39, 0.29) is 22.4 Å². The summed E-state index contributed by atoms with van der Waals surface area (Å²) in [4.78, 5) is 24.7. The molecule has 0 N–H and O–H groups in total. The standard InChI is InChI=1S/C24H38O4.Au/c1-3-5-7-9-11-15-19-27-23(25)21-17-13-14-18-22(21)24(26)28-20-16-12-10-8-6-4-2;/h13-14,17-18H,3-12,15-16,19-20H2,1-2H3;. The number of carbonyl (C=O) groups is 2. The number of benzene rings is 1. The maximum Gasteiger partial charge on any atom is 0.339 e. The second kappa shape index (κ2) is 18.9. The van der Waals surface area contributed by atoms with E-state index in [0.717, 1.165) is 25.7 Å². The third kappa shape index (κ3) is 12.9. The molecule has 5 heteroatoms. The van der Waals surface area contributed by atoms with Gasteiger partial charge in [0.05, 0.1) is 24.3 Å². The van der Waals surface area contributed by atoms with E-state index < -0.39 is 11.9 Å². The molecule has 0 spiro atoms. The first-order valence-corrected chi connectivity index (χ1v) is 11.1. The average Bonchev–Trinajstić information content (AvgIpc) is 2.72. The fourth-order valence-electron chi connectivity index (χ4n) is 3.09. The molecule has 0 aliphatic rings. The van der Waals surface area contributed by atoms with E-state index in [2.05, 4.69) is 13.8 Å². The van der Waals surface area contributed by atoms with Crippen LogP contribution in [0.15, 0.2) is 24.3 Å². The first kappa shape index (κ1) is 27.9. The molecule has 0 atom stereocenters. The van der Waals surface area contributed by atoms with Crippen LogP contribution in [0.1, 0.15) is 112 Å². The van der Waals surface area contributed by atoms with Gasteiger partial charge in [-0.3, -0.25) is 0 Å². The van der Waals surface area contributed by atoms with E-state index in [0.29, 0.717) is 24.3 Å². The van der Waals surface area contributed by atoms with Crippen molar-refractivity contribution in [1.82, 2.24) is 0 Å². The summed E-state index contributed by atoms with van der Waals surface area (Å²) < 4.78 is 10.7. The molecule has 0 saturated carbocycles. The second-order valence-electron chi connectivity index (χ2n) is 7.35. The topological polar surface area (TPSA) is 52.6 Å². The number of hydrogen-bond donors (Lipinski definition) is 0. The van der Waals surface area contributed by atoms with Crippen molar-refractivity contribution >= 4 is 11.9 Å². The van der Waals surface area contributed by atoms with Crippen LogP contribution in [-0.4, -0.2) is 25.2 Å². The monoisotopic (exact) mass is 587 g/mol. The first-order valence-electron chi connectivity index (χ1n) is 11.1. The summed E-state index contributed by atoms with van der Waals surface area (Å²) in [7, 11) is 0. The molecule has 169 valence electrons. The minimum absolute atomic E-state index is 0. The molecule has 29 heavy (non-hydrogen) atoms. The minimum atomic E-state index is -0.444. The third-order valence-corrected chi connectivity index (χ3v) is 4.83. The summed E-state index contributed by atoms with van der Waals surface area (Å²) in [5.41, 5.74) is 0.586. The van der Waals surface area contributed by atoms with E-state index in [4.69, 9.17) is 9.47 Å². The van der Waals surface area contributed by atoms with Crippen LogP contribution in [0.3, 0.4) is 0 Å². The van der Waals surface area contributed by atoms with E-state index in [1.165, 1.54) is 51.4 Å². The molecule has 1 radical (unpaired) electrons. The van der Waals surface area contributed by atoms with Crippen LogP contribution < -0.4 is 0 Å². The van der Waals surface area contributed by atoms with Gasteiger partial charge in [0.15, 0.2) is 0 Å². The predicted octanol–water partition coefficient (Wildman–Crippen LogP) is 6.72. The Morgan fingerprint density at radius 2 is 0.966 bits per heavy atom. The molecule has 0 fully saturated rings. The summed E-state index contributed by atoms with van der Waals surface area (Å²) in [6, 6.07) is 6.74. The van der Waals surface area contributed by atoms with Gasteiger partial charge in [-0.05, 0) is 25.0 Å². The van der Waals surface area contributed by atoms with Crippen molar-refractivity contribution in [1.29, 1.82) is 0 Å². The summed E-state index contributed by atoms with van der Waals surface area (Å²) in [6.07, 6.45) is 13.6. The zero-order valence-electron chi connectivity index (χ0n) is 18.1. The van der Waals surface area contributed by atoms with Crippen molar-refractivity contribution in [3.63, 3.8) is 0 Å². The van der Waals surface area contributed by atoms with Crippen molar-refractivity contribution in [3.05, 3.63) is 35.4 Å². The van der Waals surface area contributed by atoms with Gasteiger partial charge in [0.2, 0.25) is 0 Å². The van der Waals surface area contributed by atoms with Gasteiger partial charge >= 0.3 is 11.9 Å². The molecule has 0 unspecified atom stereocenters. The zero-order chi connectivity index (χ0) is 20.5. The molecule has 0 bridgehead atoms. The SMILES string of the molecule is CCCCCCCCOC(=O)c1ccccc1C(=O)OCCCCCCCC.[Au]. The fraction of sp³-hybridized carbons (Fsp3) is 0.667. The summed E-state index contributed by atoms with van der Waals surface area (Å²) in [6.45, 7) is 5.17. The minimum Gasteiger partial charge on any atom is -0.462 e. The number of rotatable bonds is 16. The molecule has 0 saturated heterocycles. The Morgan fingerprint density at radius 1 is 0.621 bits per heavy atom. The van der Waals surface area contributed by atoms with Crippen molar-refractivity contribution in [3.8, 4) is 0 Å². The Bertz CT molecular complexity index is 511. The van der Waals surface area contributed by atoms with Crippen molar-refractivity contribution in [2.75, 3.05) is 13.2 Å². The molecule has 0 amide bonds. The van der Waals surface area contributed by atoms with Crippen LogP contribution in [0.25, 0.3) is 0 Å². The normalized spacial score (nSPS) is 10.3. The smallest absolute Gasteiger partial charge is 0.339 e. The van der Waals surface area contributed by atoms with Crippen molar-refractivity contribution < 1.29 is 41.4 Å². The molecule has 0 aromatic heterocycles. The Kier molecular flexibility index (Phi) is 18.2. The second-order valence-corrected chi connectivity index (χ2v) is 7.35. The Balaban J connectivity index is 0.00000784. The number of ether oxygens (including phenoxy) is 2. The van der Waals surface area contributed by atoms with Crippen LogP contribution in [-0.2, 0) is 31.9 Å². The Hall–Kier alpha value is -1.10. The Morgan fingerprint density at radius 3 is 1.34 bits per heavy atom. The predicted molar refractivity (Wildman–Crippen MR) is 114 cm³/mol. The van der Waals surface area contributed by atoms with Crippen LogP contribution >= 0.6 is 0 Å². The molecule has 4 nitrogen and oxygen atoms in total.